The molecule has 4 atom stereocenters. The number of amides is 3. The van der Waals surface area contributed by atoms with Gasteiger partial charge in [0, 0.05) is 23.7 Å². The Morgan fingerprint density at radius 3 is 2.67 bits per heavy atom. The lowest BCUT2D eigenvalue weighted by atomic mass is 9.76. The number of fused-ring (bicyclic) bond motifs is 5. The Labute approximate surface area is 206 Å². The van der Waals surface area contributed by atoms with Gasteiger partial charge in [0.25, 0.3) is 0 Å². The number of carbonyl (C=O) groups is 4. The third-order valence-electron chi connectivity index (χ3n) is 7.96. The molecular weight excluding hydrogens is 466 g/mol. The molecule has 186 valence electrons. The van der Waals surface area contributed by atoms with E-state index in [9.17, 15) is 24.3 Å². The summed E-state index contributed by atoms with van der Waals surface area (Å²) in [6.07, 6.45) is -0.0788. The second-order valence-corrected chi connectivity index (χ2v) is 9.83. The van der Waals surface area contributed by atoms with Gasteiger partial charge in [-0.2, -0.15) is 0 Å². The number of hydrogen-bond acceptors (Lipinski definition) is 7. The molecule has 2 aromatic carbocycles. The topological polar surface area (TPSA) is 134 Å². The zero-order valence-corrected chi connectivity index (χ0v) is 19.8. The number of anilines is 1. The van der Waals surface area contributed by atoms with Crippen LogP contribution in [0, 0.1) is 25.7 Å². The predicted octanol–water partition coefficient (Wildman–Crippen LogP) is 1.82. The number of likely N-dealkylation sites (tertiary alicyclic amines) is 1. The van der Waals surface area contributed by atoms with Gasteiger partial charge in [-0.25, -0.2) is 0 Å². The van der Waals surface area contributed by atoms with E-state index in [1.807, 2.05) is 26.0 Å². The first-order valence-electron chi connectivity index (χ1n) is 11.9. The number of aliphatic carboxylic acids is 1. The molecule has 36 heavy (non-hydrogen) atoms. The molecule has 6 rings (SSSR count). The maximum atomic E-state index is 13.9. The quantitative estimate of drug-likeness (QED) is 0.540. The van der Waals surface area contributed by atoms with Crippen molar-refractivity contribution in [1.29, 1.82) is 0 Å². The van der Waals surface area contributed by atoms with Crippen LogP contribution in [0.5, 0.6) is 11.5 Å². The molecule has 3 amide bonds. The summed E-state index contributed by atoms with van der Waals surface area (Å²) in [5.74, 6) is -2.97. The van der Waals surface area contributed by atoms with Gasteiger partial charge in [-0.1, -0.05) is 18.2 Å². The van der Waals surface area contributed by atoms with Crippen LogP contribution < -0.4 is 20.1 Å². The van der Waals surface area contributed by atoms with Gasteiger partial charge in [-0.05, 0) is 49.1 Å². The van der Waals surface area contributed by atoms with Crippen molar-refractivity contribution in [2.75, 3.05) is 12.1 Å². The zero-order valence-electron chi connectivity index (χ0n) is 19.8. The molecule has 4 aliphatic rings. The SMILES string of the molecule is Cc1ccc2c(c1C)NC(=O)[C@]21N[C@H](CCC(=O)O)[C@H]2C(=O)N(Cc3ccc4c(c3)OCO4)C(=O)[C@H]21. The van der Waals surface area contributed by atoms with Gasteiger partial charge < -0.3 is 19.9 Å². The Balaban J connectivity index is 1.41. The molecule has 1 spiro atoms. The number of carboxylic acid groups (broad SMARTS) is 1. The number of imide groups is 1. The predicted molar refractivity (Wildman–Crippen MR) is 125 cm³/mol. The fourth-order valence-electron chi connectivity index (χ4n) is 6.08. The summed E-state index contributed by atoms with van der Waals surface area (Å²) < 4.78 is 10.8. The number of aryl methyl sites for hydroxylation is 1. The van der Waals surface area contributed by atoms with Crippen molar-refractivity contribution in [3.8, 4) is 11.5 Å². The van der Waals surface area contributed by atoms with Gasteiger partial charge in [0.1, 0.15) is 5.54 Å². The van der Waals surface area contributed by atoms with E-state index in [0.29, 0.717) is 28.3 Å². The molecule has 2 aromatic rings. The molecule has 0 aromatic heterocycles. The third kappa shape index (κ3) is 3.00. The highest BCUT2D eigenvalue weighted by Gasteiger charge is 2.70. The molecular formula is C26H25N3O7. The van der Waals surface area contributed by atoms with E-state index in [-0.39, 0.29) is 26.2 Å². The molecule has 0 unspecified atom stereocenters. The largest absolute Gasteiger partial charge is 0.481 e. The van der Waals surface area contributed by atoms with E-state index < -0.39 is 47.1 Å². The van der Waals surface area contributed by atoms with E-state index in [1.54, 1.807) is 18.2 Å². The van der Waals surface area contributed by atoms with Gasteiger partial charge in [-0.15, -0.1) is 0 Å². The van der Waals surface area contributed by atoms with Crippen LogP contribution >= 0.6 is 0 Å². The summed E-state index contributed by atoms with van der Waals surface area (Å²) in [4.78, 5) is 53.7. The second kappa shape index (κ2) is 7.79. The molecule has 0 bridgehead atoms. The van der Waals surface area contributed by atoms with E-state index in [2.05, 4.69) is 10.6 Å². The number of ether oxygens (including phenoxy) is 2. The number of rotatable bonds is 5. The molecule has 10 nitrogen and oxygen atoms in total. The standard InChI is InChI=1S/C26H25N3O7/c1-12-3-5-15-22(13(12)2)27-25(34)26(15)21-20(16(28-26)6-8-19(30)31)23(32)29(24(21)33)10-14-4-7-17-18(9-14)36-11-35-17/h3-5,7,9,16,20-21,28H,6,8,10-11H2,1-2H3,(H,27,34)(H,30,31)/t16-,20-,21+,26+/m1/s1. The number of nitrogens with one attached hydrogen (secondary N) is 2. The number of carbonyl (C=O) groups excluding carboxylic acids is 3. The summed E-state index contributed by atoms with van der Waals surface area (Å²) in [6, 6.07) is 8.29. The maximum Gasteiger partial charge on any atom is 0.303 e. The van der Waals surface area contributed by atoms with Crippen LogP contribution in [-0.4, -0.2) is 46.5 Å². The lowest BCUT2D eigenvalue weighted by molar-refractivity contribution is -0.144. The van der Waals surface area contributed by atoms with E-state index in [0.717, 1.165) is 11.1 Å². The fourth-order valence-corrected chi connectivity index (χ4v) is 6.08. The Kier molecular flexibility index (Phi) is 4.88. The van der Waals surface area contributed by atoms with Crippen molar-refractivity contribution < 1.29 is 33.8 Å². The van der Waals surface area contributed by atoms with Crippen molar-refractivity contribution >= 4 is 29.4 Å². The Morgan fingerprint density at radius 1 is 1.11 bits per heavy atom. The molecule has 0 saturated carbocycles. The van der Waals surface area contributed by atoms with Crippen LogP contribution in [0.1, 0.15) is 35.1 Å². The molecule has 2 fully saturated rings. The van der Waals surface area contributed by atoms with Crippen molar-refractivity contribution in [2.24, 2.45) is 11.8 Å². The number of nitrogens with zero attached hydrogens (tertiary/aromatic N) is 1. The Morgan fingerprint density at radius 2 is 1.89 bits per heavy atom. The summed E-state index contributed by atoms with van der Waals surface area (Å²) in [6.45, 7) is 3.96. The average Bonchev–Trinajstić information content (AvgIpc) is 3.57. The van der Waals surface area contributed by atoms with E-state index >= 15 is 0 Å². The molecule has 4 heterocycles. The van der Waals surface area contributed by atoms with Crippen LogP contribution in [0.4, 0.5) is 5.69 Å². The minimum Gasteiger partial charge on any atom is -0.481 e. The van der Waals surface area contributed by atoms with Crippen LogP contribution in [0.15, 0.2) is 30.3 Å². The zero-order chi connectivity index (χ0) is 25.4. The van der Waals surface area contributed by atoms with Crippen molar-refractivity contribution in [2.45, 2.75) is 44.8 Å². The van der Waals surface area contributed by atoms with Gasteiger partial charge >= 0.3 is 5.97 Å². The molecule has 0 radical (unpaired) electrons. The number of carboxylic acids is 1. The first kappa shape index (κ1) is 22.5. The summed E-state index contributed by atoms with van der Waals surface area (Å²) in [5, 5.41) is 15.5. The van der Waals surface area contributed by atoms with Gasteiger partial charge in [0.15, 0.2) is 11.5 Å². The molecule has 3 N–H and O–H groups in total. The first-order chi connectivity index (χ1) is 17.2. The first-order valence-corrected chi connectivity index (χ1v) is 11.9. The second-order valence-electron chi connectivity index (χ2n) is 9.83. The Bertz CT molecular complexity index is 1360. The summed E-state index contributed by atoms with van der Waals surface area (Å²) in [5.41, 5.74) is 2.38. The highest BCUT2D eigenvalue weighted by Crippen LogP contribution is 2.54. The molecule has 10 heteroatoms. The van der Waals surface area contributed by atoms with Crippen molar-refractivity contribution in [3.05, 3.63) is 52.6 Å². The smallest absolute Gasteiger partial charge is 0.303 e. The number of hydrogen-bond donors (Lipinski definition) is 3. The average molecular weight is 492 g/mol. The third-order valence-corrected chi connectivity index (χ3v) is 7.96. The van der Waals surface area contributed by atoms with Crippen LogP contribution in [0.3, 0.4) is 0 Å². The molecule has 2 saturated heterocycles. The normalized spacial score (nSPS) is 27.6. The van der Waals surface area contributed by atoms with E-state index in [4.69, 9.17) is 9.47 Å². The van der Waals surface area contributed by atoms with Crippen molar-refractivity contribution in [3.63, 3.8) is 0 Å². The van der Waals surface area contributed by atoms with E-state index in [1.165, 1.54) is 4.90 Å². The van der Waals surface area contributed by atoms with Gasteiger partial charge in [0.2, 0.25) is 24.5 Å². The summed E-state index contributed by atoms with van der Waals surface area (Å²) in [7, 11) is 0. The van der Waals surface area contributed by atoms with Crippen LogP contribution in [0.25, 0.3) is 0 Å². The Hall–Kier alpha value is -3.92. The highest BCUT2D eigenvalue weighted by atomic mass is 16.7. The molecule has 0 aliphatic carbocycles. The highest BCUT2D eigenvalue weighted by molar-refractivity contribution is 6.15. The minimum absolute atomic E-state index is 0.0183. The summed E-state index contributed by atoms with van der Waals surface area (Å²) >= 11 is 0. The van der Waals surface area contributed by atoms with Gasteiger partial charge in [-0.3, -0.25) is 29.4 Å². The maximum absolute atomic E-state index is 13.9. The lowest BCUT2D eigenvalue weighted by Crippen LogP contribution is -2.53. The minimum atomic E-state index is -1.45. The van der Waals surface area contributed by atoms with Crippen LogP contribution in [0.2, 0.25) is 0 Å². The lowest BCUT2D eigenvalue weighted by Gasteiger charge is -2.29. The van der Waals surface area contributed by atoms with Crippen LogP contribution in [-0.2, 0) is 31.3 Å². The number of benzene rings is 2. The monoisotopic (exact) mass is 491 g/mol. The molecule has 4 aliphatic heterocycles. The van der Waals surface area contributed by atoms with Gasteiger partial charge in [0.05, 0.1) is 18.4 Å². The van der Waals surface area contributed by atoms with Crippen molar-refractivity contribution in [1.82, 2.24) is 10.2 Å². The fraction of sp³-hybridized carbons (Fsp3) is 0.385.